The fourth-order valence-electron chi connectivity index (χ4n) is 2.08. The van der Waals surface area contributed by atoms with Gasteiger partial charge in [-0.1, -0.05) is 30.3 Å². The minimum Gasteiger partial charge on any atom is -0.421 e. The summed E-state index contributed by atoms with van der Waals surface area (Å²) in [6.07, 6.45) is 0.375. The number of carbonyl (C=O) groups excluding carboxylic acids is 1. The van der Waals surface area contributed by atoms with E-state index in [0.717, 1.165) is 5.56 Å². The van der Waals surface area contributed by atoms with Gasteiger partial charge in [-0.15, -0.1) is 10.2 Å². The Kier molecular flexibility index (Phi) is 4.42. The maximum absolute atomic E-state index is 13.5. The Morgan fingerprint density at radius 2 is 1.78 bits per heavy atom. The molecule has 1 N–H and O–H groups in total. The molecular weight excluding hydrogens is 297 g/mol. The molecule has 1 heterocycles. The summed E-state index contributed by atoms with van der Waals surface area (Å²) < 4.78 is 19.0. The van der Waals surface area contributed by atoms with Crippen molar-refractivity contribution in [3.8, 4) is 11.5 Å². The number of rotatable bonds is 5. The van der Waals surface area contributed by atoms with Crippen molar-refractivity contribution in [2.24, 2.45) is 0 Å². The summed E-state index contributed by atoms with van der Waals surface area (Å²) in [7, 11) is 0. The second kappa shape index (κ2) is 6.83. The first-order chi connectivity index (χ1) is 11.2. The molecule has 5 nitrogen and oxygen atoms in total. The summed E-state index contributed by atoms with van der Waals surface area (Å²) in [5.41, 5.74) is 0.852. The van der Waals surface area contributed by atoms with Crippen molar-refractivity contribution >= 4 is 5.91 Å². The van der Waals surface area contributed by atoms with Crippen LogP contribution in [0.25, 0.3) is 11.5 Å². The molecule has 0 bridgehead atoms. The summed E-state index contributed by atoms with van der Waals surface area (Å²) in [5.74, 6) is -0.168. The minimum atomic E-state index is -0.547. The first-order valence-corrected chi connectivity index (χ1v) is 7.14. The summed E-state index contributed by atoms with van der Waals surface area (Å²) in [4.78, 5) is 11.9. The smallest absolute Gasteiger partial charge is 0.254 e. The molecule has 0 aliphatic heterocycles. The largest absolute Gasteiger partial charge is 0.421 e. The zero-order chi connectivity index (χ0) is 16.1. The van der Waals surface area contributed by atoms with Crippen molar-refractivity contribution < 1.29 is 13.6 Å². The van der Waals surface area contributed by atoms with Crippen LogP contribution in [-0.4, -0.2) is 22.6 Å². The predicted octanol–water partition coefficient (Wildman–Crippen LogP) is 2.85. The molecule has 6 heteroatoms. The zero-order valence-electron chi connectivity index (χ0n) is 12.2. The molecule has 0 spiro atoms. The van der Waals surface area contributed by atoms with E-state index in [0.29, 0.717) is 18.2 Å². The van der Waals surface area contributed by atoms with E-state index in [2.05, 4.69) is 15.5 Å². The Bertz CT molecular complexity index is 802. The van der Waals surface area contributed by atoms with Crippen LogP contribution in [0.5, 0.6) is 0 Å². The van der Waals surface area contributed by atoms with Gasteiger partial charge in [-0.05, 0) is 24.3 Å². The van der Waals surface area contributed by atoms with Crippen LogP contribution in [0.15, 0.2) is 59.0 Å². The molecule has 23 heavy (non-hydrogen) atoms. The summed E-state index contributed by atoms with van der Waals surface area (Å²) >= 11 is 0. The molecule has 0 unspecified atom stereocenters. The van der Waals surface area contributed by atoms with E-state index in [-0.39, 0.29) is 12.1 Å². The zero-order valence-corrected chi connectivity index (χ0v) is 12.2. The molecule has 2 aromatic carbocycles. The minimum absolute atomic E-state index is 0.0167. The second-order valence-electron chi connectivity index (χ2n) is 4.85. The van der Waals surface area contributed by atoms with Crippen molar-refractivity contribution in [2.75, 3.05) is 6.54 Å². The van der Waals surface area contributed by atoms with E-state index < -0.39 is 11.7 Å². The highest BCUT2D eigenvalue weighted by molar-refractivity contribution is 5.94. The van der Waals surface area contributed by atoms with Crippen LogP contribution in [0, 0.1) is 5.82 Å². The van der Waals surface area contributed by atoms with Crippen LogP contribution in [-0.2, 0) is 6.42 Å². The van der Waals surface area contributed by atoms with Gasteiger partial charge in [0.15, 0.2) is 0 Å². The van der Waals surface area contributed by atoms with Crippen molar-refractivity contribution in [3.05, 3.63) is 71.9 Å². The van der Waals surface area contributed by atoms with Gasteiger partial charge in [-0.3, -0.25) is 4.79 Å². The molecule has 0 saturated heterocycles. The SMILES string of the molecule is O=C(NCCc1nnc(-c2ccccc2)o1)c1ccccc1F. The Morgan fingerprint density at radius 1 is 1.04 bits per heavy atom. The average molecular weight is 311 g/mol. The quantitative estimate of drug-likeness (QED) is 0.786. The number of amides is 1. The van der Waals surface area contributed by atoms with E-state index in [9.17, 15) is 9.18 Å². The fourth-order valence-corrected chi connectivity index (χ4v) is 2.08. The number of hydrogen-bond acceptors (Lipinski definition) is 4. The average Bonchev–Trinajstić information content (AvgIpc) is 3.05. The number of aromatic nitrogens is 2. The molecule has 0 aliphatic rings. The summed E-state index contributed by atoms with van der Waals surface area (Å²) in [6.45, 7) is 0.281. The monoisotopic (exact) mass is 311 g/mol. The Hall–Kier alpha value is -3.02. The van der Waals surface area contributed by atoms with Gasteiger partial charge in [0, 0.05) is 18.5 Å². The molecule has 0 radical (unpaired) electrons. The number of hydrogen-bond donors (Lipinski definition) is 1. The molecule has 1 amide bonds. The number of carbonyl (C=O) groups is 1. The molecule has 1 aromatic heterocycles. The molecule has 116 valence electrons. The Balaban J connectivity index is 1.56. The number of nitrogens with zero attached hydrogens (tertiary/aromatic N) is 2. The van der Waals surface area contributed by atoms with Crippen molar-refractivity contribution in [1.82, 2.24) is 15.5 Å². The van der Waals surface area contributed by atoms with Crippen molar-refractivity contribution in [1.29, 1.82) is 0 Å². The van der Waals surface area contributed by atoms with E-state index in [4.69, 9.17) is 4.42 Å². The lowest BCUT2D eigenvalue weighted by atomic mass is 10.2. The lowest BCUT2D eigenvalue weighted by Gasteiger charge is -2.04. The Morgan fingerprint density at radius 3 is 2.57 bits per heavy atom. The third kappa shape index (κ3) is 3.60. The summed E-state index contributed by atoms with van der Waals surface area (Å²) in [5, 5.41) is 10.5. The van der Waals surface area contributed by atoms with E-state index in [1.807, 2.05) is 30.3 Å². The highest BCUT2D eigenvalue weighted by Gasteiger charge is 2.11. The van der Waals surface area contributed by atoms with Crippen LogP contribution in [0.2, 0.25) is 0 Å². The fraction of sp³-hybridized carbons (Fsp3) is 0.118. The molecule has 0 aliphatic carbocycles. The predicted molar refractivity (Wildman–Crippen MR) is 82.2 cm³/mol. The van der Waals surface area contributed by atoms with E-state index in [1.54, 1.807) is 6.07 Å². The van der Waals surface area contributed by atoms with E-state index in [1.165, 1.54) is 18.2 Å². The van der Waals surface area contributed by atoms with Crippen LogP contribution < -0.4 is 5.32 Å². The standard InChI is InChI=1S/C17H14FN3O2/c18-14-9-5-4-8-13(14)16(22)19-11-10-15-20-21-17(23-15)12-6-2-1-3-7-12/h1-9H,10-11H2,(H,19,22). The lowest BCUT2D eigenvalue weighted by Crippen LogP contribution is -2.26. The molecule has 0 saturated carbocycles. The van der Waals surface area contributed by atoms with Crippen LogP contribution >= 0.6 is 0 Å². The van der Waals surface area contributed by atoms with Crippen LogP contribution in [0.1, 0.15) is 16.2 Å². The van der Waals surface area contributed by atoms with Gasteiger partial charge < -0.3 is 9.73 Å². The van der Waals surface area contributed by atoms with E-state index >= 15 is 0 Å². The number of nitrogens with one attached hydrogen (secondary N) is 1. The molecular formula is C17H14FN3O2. The Labute approximate surface area is 132 Å². The van der Waals surface area contributed by atoms with Gasteiger partial charge in [-0.25, -0.2) is 4.39 Å². The number of benzene rings is 2. The normalized spacial score (nSPS) is 10.5. The maximum atomic E-state index is 13.5. The van der Waals surface area contributed by atoms with Gasteiger partial charge in [0.05, 0.1) is 5.56 Å². The van der Waals surface area contributed by atoms with Crippen LogP contribution in [0.4, 0.5) is 4.39 Å². The molecule has 0 atom stereocenters. The lowest BCUT2D eigenvalue weighted by molar-refractivity contribution is 0.0949. The van der Waals surface area contributed by atoms with Gasteiger partial charge in [0.25, 0.3) is 5.91 Å². The van der Waals surface area contributed by atoms with Gasteiger partial charge in [-0.2, -0.15) is 0 Å². The molecule has 3 rings (SSSR count). The molecule has 0 fully saturated rings. The topological polar surface area (TPSA) is 68.0 Å². The highest BCUT2D eigenvalue weighted by Crippen LogP contribution is 2.16. The van der Waals surface area contributed by atoms with Gasteiger partial charge >= 0.3 is 0 Å². The summed E-state index contributed by atoms with van der Waals surface area (Å²) in [6, 6.07) is 15.2. The second-order valence-corrected chi connectivity index (χ2v) is 4.85. The number of halogens is 1. The van der Waals surface area contributed by atoms with Gasteiger partial charge in [0.1, 0.15) is 5.82 Å². The molecule has 3 aromatic rings. The maximum Gasteiger partial charge on any atom is 0.254 e. The first-order valence-electron chi connectivity index (χ1n) is 7.14. The van der Waals surface area contributed by atoms with Crippen molar-refractivity contribution in [3.63, 3.8) is 0 Å². The highest BCUT2D eigenvalue weighted by atomic mass is 19.1. The first kappa shape index (κ1) is 14.9. The third-order valence-electron chi connectivity index (χ3n) is 3.23. The third-order valence-corrected chi connectivity index (χ3v) is 3.23. The van der Waals surface area contributed by atoms with Crippen molar-refractivity contribution in [2.45, 2.75) is 6.42 Å². The van der Waals surface area contributed by atoms with Crippen LogP contribution in [0.3, 0.4) is 0 Å². The van der Waals surface area contributed by atoms with Gasteiger partial charge in [0.2, 0.25) is 11.8 Å².